The number of hydrogen-bond acceptors (Lipinski definition) is 4. The number of nitrogens with zero attached hydrogens (tertiary/aromatic N) is 4. The highest BCUT2D eigenvalue weighted by Crippen LogP contribution is 2.18. The Morgan fingerprint density at radius 1 is 1.30 bits per heavy atom. The summed E-state index contributed by atoms with van der Waals surface area (Å²) in [6, 6.07) is 6.88. The minimum Gasteiger partial charge on any atom is -0.396 e. The predicted octanol–water partition coefficient (Wildman–Crippen LogP) is 2.93. The van der Waals surface area contributed by atoms with E-state index in [1.807, 2.05) is 18.5 Å². The lowest BCUT2D eigenvalue weighted by atomic mass is 10.1. The summed E-state index contributed by atoms with van der Waals surface area (Å²) in [5, 5.41) is 13.8. The number of hydrogen-bond donors (Lipinski definition) is 1. The maximum Gasteiger partial charge on any atom is 0.125 e. The fourth-order valence-electron chi connectivity index (χ4n) is 3.70. The van der Waals surface area contributed by atoms with Crippen molar-refractivity contribution in [3.05, 3.63) is 48.0 Å². The van der Waals surface area contributed by atoms with Crippen LogP contribution >= 0.6 is 0 Å². The molecule has 0 saturated carbocycles. The number of aliphatic hydroxyl groups is 1. The van der Waals surface area contributed by atoms with Crippen molar-refractivity contribution in [1.29, 1.82) is 0 Å². The molecule has 148 valence electrons. The standard InChI is InChI=1S/C21H31FN4O/c1-17(2)6-8-25-10-9-24(16-21(25)7-11-27)14-18-13-23-26(15-18)20-5-3-4-19(22)12-20/h3-5,12-13,15,17,21,27H,6-11,14,16H2,1-2H3. The van der Waals surface area contributed by atoms with Crippen LogP contribution in [0, 0.1) is 11.7 Å². The van der Waals surface area contributed by atoms with Crippen molar-refractivity contribution in [1.82, 2.24) is 19.6 Å². The van der Waals surface area contributed by atoms with Gasteiger partial charge in [-0.25, -0.2) is 9.07 Å². The lowest BCUT2D eigenvalue weighted by molar-refractivity contribution is 0.0524. The van der Waals surface area contributed by atoms with Crippen molar-refractivity contribution in [2.45, 2.75) is 39.3 Å². The topological polar surface area (TPSA) is 44.5 Å². The van der Waals surface area contributed by atoms with E-state index < -0.39 is 0 Å². The smallest absolute Gasteiger partial charge is 0.125 e. The molecule has 1 saturated heterocycles. The zero-order chi connectivity index (χ0) is 19.2. The monoisotopic (exact) mass is 374 g/mol. The van der Waals surface area contributed by atoms with Gasteiger partial charge in [-0.15, -0.1) is 0 Å². The first-order chi connectivity index (χ1) is 13.0. The third-order valence-electron chi connectivity index (χ3n) is 5.26. The molecule has 1 aromatic heterocycles. The molecular weight excluding hydrogens is 343 g/mol. The van der Waals surface area contributed by atoms with E-state index in [9.17, 15) is 9.50 Å². The highest BCUT2D eigenvalue weighted by Gasteiger charge is 2.26. The van der Waals surface area contributed by atoms with E-state index in [1.165, 1.54) is 18.6 Å². The molecule has 1 fully saturated rings. The lowest BCUT2D eigenvalue weighted by Gasteiger charge is -2.41. The largest absolute Gasteiger partial charge is 0.396 e. The molecule has 6 heteroatoms. The number of benzene rings is 1. The van der Waals surface area contributed by atoms with Gasteiger partial charge in [-0.1, -0.05) is 19.9 Å². The van der Waals surface area contributed by atoms with Crippen LogP contribution in [0.25, 0.3) is 5.69 Å². The zero-order valence-corrected chi connectivity index (χ0v) is 16.4. The highest BCUT2D eigenvalue weighted by molar-refractivity contribution is 5.31. The second-order valence-electron chi connectivity index (χ2n) is 7.89. The number of rotatable bonds is 8. The van der Waals surface area contributed by atoms with E-state index in [0.717, 1.165) is 50.4 Å². The molecular formula is C21H31FN4O. The first-order valence-electron chi connectivity index (χ1n) is 9.92. The summed E-state index contributed by atoms with van der Waals surface area (Å²) in [5.74, 6) is 0.445. The molecule has 1 aromatic carbocycles. The summed E-state index contributed by atoms with van der Waals surface area (Å²) in [6.07, 6.45) is 5.84. The fraction of sp³-hybridized carbons (Fsp3) is 0.571. The van der Waals surface area contributed by atoms with Gasteiger partial charge in [0.1, 0.15) is 5.82 Å². The van der Waals surface area contributed by atoms with E-state index in [4.69, 9.17) is 0 Å². The summed E-state index contributed by atoms with van der Waals surface area (Å²) >= 11 is 0. The highest BCUT2D eigenvalue weighted by atomic mass is 19.1. The average Bonchev–Trinajstić information content (AvgIpc) is 3.10. The minimum atomic E-state index is -0.256. The quantitative estimate of drug-likeness (QED) is 0.772. The van der Waals surface area contributed by atoms with Crippen molar-refractivity contribution in [2.75, 3.05) is 32.8 Å². The maximum atomic E-state index is 13.4. The molecule has 5 nitrogen and oxygen atoms in total. The lowest BCUT2D eigenvalue weighted by Crippen LogP contribution is -2.53. The molecule has 0 amide bonds. The van der Waals surface area contributed by atoms with Gasteiger partial charge in [0.2, 0.25) is 0 Å². The van der Waals surface area contributed by atoms with Crippen LogP contribution in [-0.4, -0.2) is 63.5 Å². The molecule has 1 aliphatic rings. The molecule has 1 atom stereocenters. The number of halogens is 1. The minimum absolute atomic E-state index is 0.230. The van der Waals surface area contributed by atoms with Crippen LogP contribution in [0.4, 0.5) is 4.39 Å². The Morgan fingerprint density at radius 3 is 2.89 bits per heavy atom. The molecule has 2 aromatic rings. The normalized spacial score (nSPS) is 19.1. The van der Waals surface area contributed by atoms with Gasteiger partial charge < -0.3 is 5.11 Å². The van der Waals surface area contributed by atoms with Crippen LogP contribution in [0.2, 0.25) is 0 Å². The van der Waals surface area contributed by atoms with Gasteiger partial charge in [-0.05, 0) is 43.5 Å². The van der Waals surface area contributed by atoms with Crippen molar-refractivity contribution >= 4 is 0 Å². The zero-order valence-electron chi connectivity index (χ0n) is 16.4. The molecule has 27 heavy (non-hydrogen) atoms. The molecule has 0 radical (unpaired) electrons. The first kappa shape index (κ1) is 20.0. The van der Waals surface area contributed by atoms with Gasteiger partial charge in [0.25, 0.3) is 0 Å². The Morgan fingerprint density at radius 2 is 2.15 bits per heavy atom. The van der Waals surface area contributed by atoms with Crippen LogP contribution in [0.15, 0.2) is 36.7 Å². The predicted molar refractivity (Wildman–Crippen MR) is 105 cm³/mol. The molecule has 1 N–H and O–H groups in total. The van der Waals surface area contributed by atoms with Gasteiger partial charge in [0.05, 0.1) is 11.9 Å². The van der Waals surface area contributed by atoms with Crippen molar-refractivity contribution in [3.63, 3.8) is 0 Å². The molecule has 2 heterocycles. The first-order valence-corrected chi connectivity index (χ1v) is 9.92. The number of aliphatic hydroxyl groups excluding tert-OH is 1. The Kier molecular flexibility index (Phi) is 6.99. The Bertz CT molecular complexity index is 718. The third kappa shape index (κ3) is 5.61. The van der Waals surface area contributed by atoms with Gasteiger partial charge in [-0.3, -0.25) is 9.80 Å². The van der Waals surface area contributed by atoms with Gasteiger partial charge in [0, 0.05) is 50.6 Å². The molecule has 0 spiro atoms. The molecule has 1 unspecified atom stereocenters. The Labute approximate surface area is 161 Å². The second kappa shape index (κ2) is 9.44. The van der Waals surface area contributed by atoms with Crippen LogP contribution < -0.4 is 0 Å². The van der Waals surface area contributed by atoms with E-state index in [0.29, 0.717) is 12.0 Å². The summed E-state index contributed by atoms with van der Waals surface area (Å²) in [6.45, 7) is 9.70. The van der Waals surface area contributed by atoms with E-state index in [1.54, 1.807) is 10.7 Å². The SMILES string of the molecule is CC(C)CCN1CCN(Cc2cnn(-c3cccc(F)c3)c2)CC1CCO. The maximum absolute atomic E-state index is 13.4. The molecule has 1 aliphatic heterocycles. The Balaban J connectivity index is 1.60. The van der Waals surface area contributed by atoms with Crippen LogP contribution in [-0.2, 0) is 6.54 Å². The summed E-state index contributed by atoms with van der Waals surface area (Å²) in [7, 11) is 0. The molecule has 0 bridgehead atoms. The van der Waals surface area contributed by atoms with E-state index in [-0.39, 0.29) is 12.4 Å². The molecule has 0 aliphatic carbocycles. The van der Waals surface area contributed by atoms with E-state index in [2.05, 4.69) is 28.7 Å². The van der Waals surface area contributed by atoms with Crippen LogP contribution in [0.1, 0.15) is 32.3 Å². The summed E-state index contributed by atoms with van der Waals surface area (Å²) in [5.41, 5.74) is 1.86. The number of aromatic nitrogens is 2. The Hall–Kier alpha value is -1.76. The van der Waals surface area contributed by atoms with Crippen molar-refractivity contribution in [3.8, 4) is 5.69 Å². The fourth-order valence-corrected chi connectivity index (χ4v) is 3.70. The summed E-state index contributed by atoms with van der Waals surface area (Å²) in [4.78, 5) is 4.96. The van der Waals surface area contributed by atoms with Gasteiger partial charge in [0.15, 0.2) is 0 Å². The molecule has 3 rings (SSSR count). The van der Waals surface area contributed by atoms with E-state index >= 15 is 0 Å². The van der Waals surface area contributed by atoms with Gasteiger partial charge in [-0.2, -0.15) is 5.10 Å². The number of piperazine rings is 1. The van der Waals surface area contributed by atoms with Crippen molar-refractivity contribution in [2.24, 2.45) is 5.92 Å². The van der Waals surface area contributed by atoms with Gasteiger partial charge >= 0.3 is 0 Å². The third-order valence-corrected chi connectivity index (χ3v) is 5.26. The second-order valence-corrected chi connectivity index (χ2v) is 7.89. The van der Waals surface area contributed by atoms with Crippen LogP contribution in [0.5, 0.6) is 0 Å². The average molecular weight is 375 g/mol. The van der Waals surface area contributed by atoms with Crippen LogP contribution in [0.3, 0.4) is 0 Å². The summed E-state index contributed by atoms with van der Waals surface area (Å²) < 4.78 is 15.1. The van der Waals surface area contributed by atoms with Crippen molar-refractivity contribution < 1.29 is 9.50 Å².